The molecule has 1 aliphatic rings. The van der Waals surface area contributed by atoms with E-state index in [1.54, 1.807) is 6.92 Å². The highest BCUT2D eigenvalue weighted by molar-refractivity contribution is 7.89. The van der Waals surface area contributed by atoms with Crippen molar-refractivity contribution in [2.45, 2.75) is 18.2 Å². The molecule has 4 nitrogen and oxygen atoms in total. The van der Waals surface area contributed by atoms with Gasteiger partial charge in [-0.25, -0.2) is 12.8 Å². The van der Waals surface area contributed by atoms with Gasteiger partial charge in [0.05, 0.1) is 4.90 Å². The number of aryl methyl sites for hydroxylation is 1. The van der Waals surface area contributed by atoms with E-state index in [2.05, 4.69) is 17.0 Å². The summed E-state index contributed by atoms with van der Waals surface area (Å²) in [5.74, 6) is -0.385. The highest BCUT2D eigenvalue weighted by atomic mass is 32.2. The van der Waals surface area contributed by atoms with Crippen molar-refractivity contribution in [3.8, 4) is 0 Å². The molecule has 2 aromatic carbocycles. The number of benzene rings is 2. The van der Waals surface area contributed by atoms with Gasteiger partial charge >= 0.3 is 0 Å². The molecule has 1 fully saturated rings. The lowest BCUT2D eigenvalue weighted by atomic mass is 10.1. The molecule has 0 atom stereocenters. The lowest BCUT2D eigenvalue weighted by Crippen LogP contribution is -2.49. The van der Waals surface area contributed by atoms with E-state index in [4.69, 9.17) is 0 Å². The molecular weight excluding hydrogens is 339 g/mol. The van der Waals surface area contributed by atoms with Crippen LogP contribution in [0.25, 0.3) is 0 Å². The number of sulfonamides is 1. The molecule has 3 rings (SSSR count). The molecule has 2 aromatic rings. The Kier molecular flexibility index (Phi) is 5.51. The summed E-state index contributed by atoms with van der Waals surface area (Å²) < 4.78 is 40.3. The zero-order valence-corrected chi connectivity index (χ0v) is 15.2. The Morgan fingerprint density at radius 2 is 1.68 bits per heavy atom. The van der Waals surface area contributed by atoms with Crippen LogP contribution in [-0.2, 0) is 16.4 Å². The van der Waals surface area contributed by atoms with Gasteiger partial charge in [0.25, 0.3) is 0 Å². The van der Waals surface area contributed by atoms with Gasteiger partial charge in [-0.2, -0.15) is 4.31 Å². The first-order valence-corrected chi connectivity index (χ1v) is 9.93. The van der Waals surface area contributed by atoms with Crippen LogP contribution in [-0.4, -0.2) is 50.3 Å². The molecule has 0 aliphatic carbocycles. The summed E-state index contributed by atoms with van der Waals surface area (Å²) in [5, 5.41) is 0. The Hall–Kier alpha value is -1.76. The van der Waals surface area contributed by atoms with Crippen LogP contribution in [0.3, 0.4) is 0 Å². The van der Waals surface area contributed by atoms with E-state index in [1.807, 2.05) is 18.2 Å². The van der Waals surface area contributed by atoms with Crippen molar-refractivity contribution in [2.75, 3.05) is 32.7 Å². The minimum Gasteiger partial charge on any atom is -0.300 e. The van der Waals surface area contributed by atoms with E-state index < -0.39 is 10.0 Å². The first-order chi connectivity index (χ1) is 12.0. The number of nitrogens with zero attached hydrogens (tertiary/aromatic N) is 2. The largest absolute Gasteiger partial charge is 0.300 e. The van der Waals surface area contributed by atoms with Crippen LogP contribution in [0.5, 0.6) is 0 Å². The first kappa shape index (κ1) is 18.0. The third-order valence-corrected chi connectivity index (χ3v) is 6.55. The minimum absolute atomic E-state index is 0.170. The average Bonchev–Trinajstić information content (AvgIpc) is 2.63. The van der Waals surface area contributed by atoms with E-state index in [-0.39, 0.29) is 10.7 Å². The molecule has 0 amide bonds. The second kappa shape index (κ2) is 7.64. The van der Waals surface area contributed by atoms with Gasteiger partial charge in [-0.3, -0.25) is 0 Å². The molecule has 6 heteroatoms. The zero-order chi connectivity index (χ0) is 17.9. The molecule has 0 radical (unpaired) electrons. The van der Waals surface area contributed by atoms with Crippen molar-refractivity contribution in [3.63, 3.8) is 0 Å². The van der Waals surface area contributed by atoms with Crippen LogP contribution >= 0.6 is 0 Å². The molecule has 1 heterocycles. The second-order valence-corrected chi connectivity index (χ2v) is 8.33. The fourth-order valence-corrected chi connectivity index (χ4v) is 4.56. The van der Waals surface area contributed by atoms with Crippen molar-refractivity contribution in [1.82, 2.24) is 9.21 Å². The van der Waals surface area contributed by atoms with Crippen molar-refractivity contribution < 1.29 is 12.8 Å². The van der Waals surface area contributed by atoms with Crippen LogP contribution in [0, 0.1) is 12.7 Å². The van der Waals surface area contributed by atoms with Gasteiger partial charge in [0, 0.05) is 32.7 Å². The monoisotopic (exact) mass is 362 g/mol. The van der Waals surface area contributed by atoms with Gasteiger partial charge in [0.1, 0.15) is 5.82 Å². The van der Waals surface area contributed by atoms with Crippen molar-refractivity contribution in [2.24, 2.45) is 0 Å². The molecule has 0 bridgehead atoms. The van der Waals surface area contributed by atoms with Gasteiger partial charge in [-0.1, -0.05) is 30.3 Å². The molecule has 25 heavy (non-hydrogen) atoms. The second-order valence-electron chi connectivity index (χ2n) is 6.39. The number of hydrogen-bond donors (Lipinski definition) is 0. The number of halogens is 1. The summed E-state index contributed by atoms with van der Waals surface area (Å²) >= 11 is 0. The molecule has 0 N–H and O–H groups in total. The summed E-state index contributed by atoms with van der Waals surface area (Å²) in [4.78, 5) is 2.46. The Labute approximate surface area is 148 Å². The lowest BCUT2D eigenvalue weighted by molar-refractivity contribution is 0.190. The molecular formula is C19H23FN2O2S. The topological polar surface area (TPSA) is 40.6 Å². The quantitative estimate of drug-likeness (QED) is 0.821. The maximum Gasteiger partial charge on any atom is 0.243 e. The standard InChI is InChI=1S/C19H23FN2O2S/c1-16-15-18(7-8-19(16)20)25(23,24)22-13-11-21(12-14-22)10-9-17-5-3-2-4-6-17/h2-8,15H,9-14H2,1H3. The third kappa shape index (κ3) is 4.26. The zero-order valence-electron chi connectivity index (χ0n) is 14.4. The van der Waals surface area contributed by atoms with Crippen molar-refractivity contribution in [3.05, 3.63) is 65.5 Å². The van der Waals surface area contributed by atoms with Crippen molar-refractivity contribution >= 4 is 10.0 Å². The molecule has 0 saturated carbocycles. The van der Waals surface area contributed by atoms with Crippen LogP contribution in [0.15, 0.2) is 53.4 Å². The molecule has 0 aromatic heterocycles. The van der Waals surface area contributed by atoms with Gasteiger partial charge in [0.15, 0.2) is 0 Å². The molecule has 1 aliphatic heterocycles. The normalized spacial score (nSPS) is 16.9. The average molecular weight is 362 g/mol. The number of piperazine rings is 1. The van der Waals surface area contributed by atoms with Gasteiger partial charge < -0.3 is 4.90 Å². The summed E-state index contributed by atoms with van der Waals surface area (Å²) in [7, 11) is -3.55. The SMILES string of the molecule is Cc1cc(S(=O)(=O)N2CCN(CCc3ccccc3)CC2)ccc1F. The van der Waals surface area contributed by atoms with Gasteiger partial charge in [0.2, 0.25) is 10.0 Å². The smallest absolute Gasteiger partial charge is 0.243 e. The van der Waals surface area contributed by atoms with Crippen LogP contribution in [0.2, 0.25) is 0 Å². The Balaban J connectivity index is 1.58. The summed E-state index contributed by atoms with van der Waals surface area (Å²) in [6.07, 6.45) is 0.963. The number of rotatable bonds is 5. The fraction of sp³-hybridized carbons (Fsp3) is 0.368. The molecule has 0 unspecified atom stereocenters. The maximum absolute atomic E-state index is 13.4. The highest BCUT2D eigenvalue weighted by Crippen LogP contribution is 2.20. The number of hydrogen-bond acceptors (Lipinski definition) is 3. The Bertz CT molecular complexity index is 817. The molecule has 134 valence electrons. The summed E-state index contributed by atoms with van der Waals surface area (Å²) in [6.45, 7) is 4.86. The summed E-state index contributed by atoms with van der Waals surface area (Å²) in [5.41, 5.74) is 1.64. The van der Waals surface area contributed by atoms with Gasteiger partial charge in [-0.15, -0.1) is 0 Å². The van der Waals surface area contributed by atoms with E-state index in [0.29, 0.717) is 31.7 Å². The molecule has 1 saturated heterocycles. The van der Waals surface area contributed by atoms with E-state index in [1.165, 1.54) is 28.1 Å². The first-order valence-electron chi connectivity index (χ1n) is 8.49. The van der Waals surface area contributed by atoms with E-state index in [0.717, 1.165) is 13.0 Å². The predicted molar refractivity (Wildman–Crippen MR) is 96.5 cm³/mol. The van der Waals surface area contributed by atoms with E-state index >= 15 is 0 Å². The van der Waals surface area contributed by atoms with E-state index in [9.17, 15) is 12.8 Å². The fourth-order valence-electron chi connectivity index (χ4n) is 3.05. The van der Waals surface area contributed by atoms with Gasteiger partial charge in [-0.05, 0) is 42.7 Å². The highest BCUT2D eigenvalue weighted by Gasteiger charge is 2.28. The third-order valence-electron chi connectivity index (χ3n) is 4.66. The van der Waals surface area contributed by atoms with Crippen LogP contribution in [0.1, 0.15) is 11.1 Å². The molecule has 0 spiro atoms. The van der Waals surface area contributed by atoms with Crippen LogP contribution < -0.4 is 0 Å². The Morgan fingerprint density at radius 3 is 2.32 bits per heavy atom. The minimum atomic E-state index is -3.55. The van der Waals surface area contributed by atoms with Crippen LogP contribution in [0.4, 0.5) is 4.39 Å². The maximum atomic E-state index is 13.4. The summed E-state index contributed by atoms with van der Waals surface area (Å²) in [6, 6.07) is 14.3. The lowest BCUT2D eigenvalue weighted by Gasteiger charge is -2.34. The predicted octanol–water partition coefficient (Wildman–Crippen LogP) is 2.68. The van der Waals surface area contributed by atoms with Crippen molar-refractivity contribution in [1.29, 1.82) is 0 Å². The Morgan fingerprint density at radius 1 is 1.00 bits per heavy atom.